The number of rotatable bonds is 10. The van der Waals surface area contributed by atoms with Gasteiger partial charge in [-0.15, -0.1) is 0 Å². The minimum atomic E-state index is -0.223. The second kappa shape index (κ2) is 20.2. The summed E-state index contributed by atoms with van der Waals surface area (Å²) in [6.45, 7) is 22.0. The van der Waals surface area contributed by atoms with Crippen LogP contribution in [0.25, 0.3) is 21.8 Å². The van der Waals surface area contributed by atoms with Crippen molar-refractivity contribution in [1.82, 2.24) is 20.6 Å². The van der Waals surface area contributed by atoms with Crippen LogP contribution in [0.3, 0.4) is 0 Å². The third-order valence-corrected chi connectivity index (χ3v) is 12.5. The molecule has 0 unspecified atom stereocenters. The zero-order valence-corrected chi connectivity index (χ0v) is 40.1. The van der Waals surface area contributed by atoms with Gasteiger partial charge in [-0.2, -0.15) is 0 Å². The normalized spacial score (nSPS) is 15.4. The molecular weight excluding hydrogens is 846 g/mol. The molecular formula is C52H64Cl2F2N8. The molecule has 0 amide bonds. The molecule has 4 heterocycles. The van der Waals surface area contributed by atoms with Crippen LogP contribution in [0.5, 0.6) is 0 Å². The number of nitrogens with zero attached hydrogens (tertiary/aromatic N) is 4. The van der Waals surface area contributed by atoms with E-state index in [0.717, 1.165) is 118 Å². The lowest BCUT2D eigenvalue weighted by atomic mass is 9.99. The van der Waals surface area contributed by atoms with Crippen LogP contribution < -0.4 is 31.1 Å². The smallest absolute Gasteiger partial charge is 0.129 e. The predicted octanol–water partition coefficient (Wildman–Crippen LogP) is 12.6. The first kappa shape index (κ1) is 47.2. The first-order chi connectivity index (χ1) is 30.4. The predicted molar refractivity (Wildman–Crippen MR) is 267 cm³/mol. The Morgan fingerprint density at radius 2 is 0.891 bits per heavy atom. The molecule has 0 atom stereocenters. The molecule has 0 radical (unpaired) electrons. The van der Waals surface area contributed by atoms with E-state index in [2.05, 4.69) is 84.7 Å². The fourth-order valence-corrected chi connectivity index (χ4v) is 9.07. The number of nitrogens with one attached hydrogen (secondary N) is 4. The number of anilines is 4. The van der Waals surface area contributed by atoms with Gasteiger partial charge >= 0.3 is 0 Å². The summed E-state index contributed by atoms with van der Waals surface area (Å²) in [6, 6.07) is 27.6. The highest BCUT2D eigenvalue weighted by Crippen LogP contribution is 2.35. The van der Waals surface area contributed by atoms with Gasteiger partial charge in [0.25, 0.3) is 0 Å². The molecule has 2 aliphatic rings. The number of halogens is 4. The van der Waals surface area contributed by atoms with E-state index in [0.29, 0.717) is 36.3 Å². The third kappa shape index (κ3) is 12.3. The number of piperidine rings is 2. The van der Waals surface area contributed by atoms with E-state index >= 15 is 0 Å². The third-order valence-electron chi connectivity index (χ3n) is 12.0. The van der Waals surface area contributed by atoms with E-state index in [1.807, 2.05) is 60.7 Å². The fourth-order valence-electron chi connectivity index (χ4n) is 8.82. The molecule has 64 heavy (non-hydrogen) atoms. The quantitative estimate of drug-likeness (QED) is 0.108. The molecule has 4 aromatic carbocycles. The molecule has 8 nitrogen and oxygen atoms in total. The van der Waals surface area contributed by atoms with Gasteiger partial charge in [0.1, 0.15) is 23.3 Å². The van der Waals surface area contributed by atoms with E-state index in [-0.39, 0.29) is 22.7 Å². The zero-order valence-electron chi connectivity index (χ0n) is 38.6. The minimum Gasteiger partial charge on any atom is -0.371 e. The Bertz CT molecular complexity index is 2340. The number of hydrogen-bond acceptors (Lipinski definition) is 8. The number of hydrogen-bond donors (Lipinski definition) is 4. The lowest BCUT2D eigenvalue weighted by Crippen LogP contribution is -2.49. The maximum atomic E-state index is 14.4. The van der Waals surface area contributed by atoms with Gasteiger partial charge < -0.3 is 31.1 Å². The van der Waals surface area contributed by atoms with E-state index in [1.165, 1.54) is 0 Å². The largest absolute Gasteiger partial charge is 0.371 e. The average Bonchev–Trinajstić information content (AvgIpc) is 3.25. The van der Waals surface area contributed by atoms with Crippen LogP contribution in [-0.2, 0) is 13.1 Å². The van der Waals surface area contributed by atoms with Gasteiger partial charge in [0.05, 0.1) is 11.0 Å². The number of aromatic nitrogens is 2. The number of benzene rings is 4. The van der Waals surface area contributed by atoms with Crippen molar-refractivity contribution >= 4 is 68.0 Å². The van der Waals surface area contributed by atoms with Crippen LogP contribution in [0.1, 0.15) is 89.5 Å². The topological polar surface area (TPSA) is 80.4 Å². The highest BCUT2D eigenvalue weighted by Gasteiger charge is 2.27. The van der Waals surface area contributed by atoms with Crippen molar-refractivity contribution in [2.75, 3.05) is 46.6 Å². The highest BCUT2D eigenvalue weighted by atomic mass is 35.5. The van der Waals surface area contributed by atoms with Gasteiger partial charge in [-0.25, -0.2) is 18.7 Å². The molecule has 2 saturated heterocycles. The molecule has 2 aliphatic heterocycles. The van der Waals surface area contributed by atoms with Gasteiger partial charge in [-0.3, -0.25) is 0 Å². The van der Waals surface area contributed by atoms with Crippen molar-refractivity contribution in [1.29, 1.82) is 0 Å². The molecule has 0 saturated carbocycles. The van der Waals surface area contributed by atoms with Gasteiger partial charge in [0.2, 0.25) is 0 Å². The summed E-state index contributed by atoms with van der Waals surface area (Å²) in [5.74, 6) is 1.06. The molecule has 0 aliphatic carbocycles. The Balaban J connectivity index is 0.000000191. The summed E-state index contributed by atoms with van der Waals surface area (Å²) in [7, 11) is 0. The highest BCUT2D eigenvalue weighted by molar-refractivity contribution is 6.30. The van der Waals surface area contributed by atoms with Gasteiger partial charge in [0, 0.05) is 118 Å². The lowest BCUT2D eigenvalue weighted by molar-refractivity contribution is 0.317. The first-order valence-electron chi connectivity index (χ1n) is 22.6. The minimum absolute atomic E-state index is 0.115. The van der Waals surface area contributed by atoms with Crippen LogP contribution in [0.15, 0.2) is 84.9 Å². The van der Waals surface area contributed by atoms with E-state index in [1.54, 1.807) is 26.0 Å². The Hall–Kier alpha value is -4.74. The van der Waals surface area contributed by atoms with Crippen LogP contribution in [0.4, 0.5) is 31.8 Å². The van der Waals surface area contributed by atoms with Crippen molar-refractivity contribution < 1.29 is 8.78 Å². The Morgan fingerprint density at radius 1 is 0.547 bits per heavy atom. The zero-order chi connectivity index (χ0) is 45.8. The number of aryl methyl sites for hydroxylation is 2. The second-order valence-corrected chi connectivity index (χ2v) is 20.3. The van der Waals surface area contributed by atoms with Crippen LogP contribution in [-0.4, -0.2) is 59.3 Å². The summed E-state index contributed by atoms with van der Waals surface area (Å²) in [5.41, 5.74) is 7.30. The number of fused-ring (bicyclic) bond motifs is 2. The molecule has 4 N–H and O–H groups in total. The summed E-state index contributed by atoms with van der Waals surface area (Å²) in [6.07, 6.45) is 4.31. The lowest BCUT2D eigenvalue weighted by Gasteiger charge is -2.37. The second-order valence-electron chi connectivity index (χ2n) is 19.5. The first-order valence-corrected chi connectivity index (χ1v) is 23.4. The molecule has 8 rings (SSSR count). The standard InChI is InChI=1S/2C26H32ClFN4/c2*1-17-22(28)10-9-21-23(32-13-11-20(12-14-32)31-26(2,3)4)15-24(30-25(17)21)29-16-18-5-7-19(27)8-6-18/h2*5-10,15,20,31H,11-14,16H2,1-4H3,(H,29,30). The van der Waals surface area contributed by atoms with Crippen molar-refractivity contribution in [3.05, 3.63) is 129 Å². The Kier molecular flexibility index (Phi) is 14.9. The van der Waals surface area contributed by atoms with Crippen molar-refractivity contribution in [2.45, 2.75) is 117 Å². The van der Waals surface area contributed by atoms with Gasteiger partial charge in [0.15, 0.2) is 0 Å². The molecule has 2 aromatic heterocycles. The Morgan fingerprint density at radius 3 is 1.22 bits per heavy atom. The summed E-state index contributed by atoms with van der Waals surface area (Å²) in [4.78, 5) is 14.4. The van der Waals surface area contributed by atoms with Crippen molar-refractivity contribution in [2.24, 2.45) is 0 Å². The Labute approximate surface area is 388 Å². The molecule has 0 bridgehead atoms. The maximum Gasteiger partial charge on any atom is 0.129 e. The summed E-state index contributed by atoms with van der Waals surface area (Å²) < 4.78 is 28.7. The van der Waals surface area contributed by atoms with Crippen molar-refractivity contribution in [3.8, 4) is 0 Å². The van der Waals surface area contributed by atoms with Crippen LogP contribution >= 0.6 is 23.2 Å². The fraction of sp³-hybridized carbons (Fsp3) is 0.423. The monoisotopic (exact) mass is 908 g/mol. The maximum absolute atomic E-state index is 14.4. The van der Waals surface area contributed by atoms with Gasteiger partial charge in [-0.1, -0.05) is 47.5 Å². The molecule has 12 heteroatoms. The molecule has 6 aromatic rings. The summed E-state index contributed by atoms with van der Waals surface area (Å²) in [5, 5.41) is 17.7. The van der Waals surface area contributed by atoms with Crippen LogP contribution in [0.2, 0.25) is 10.0 Å². The van der Waals surface area contributed by atoms with E-state index in [4.69, 9.17) is 33.2 Å². The SMILES string of the molecule is Cc1c(F)ccc2c(N3CCC(NC(C)(C)C)CC3)cc(NCc3ccc(Cl)cc3)nc12.Cc1c(F)ccc2c(N3CCC(NC(C)(C)C)CC3)cc(NCc3ccc(Cl)cc3)nc12. The molecule has 2 fully saturated rings. The average molecular weight is 910 g/mol. The van der Waals surface area contributed by atoms with E-state index < -0.39 is 0 Å². The van der Waals surface area contributed by atoms with E-state index in [9.17, 15) is 8.78 Å². The summed E-state index contributed by atoms with van der Waals surface area (Å²) >= 11 is 12.0. The molecule has 0 spiro atoms. The van der Waals surface area contributed by atoms with Crippen LogP contribution in [0, 0.1) is 25.5 Å². The molecule has 340 valence electrons. The number of pyridine rings is 2. The van der Waals surface area contributed by atoms with Gasteiger partial charge in [-0.05, 0) is 141 Å². The van der Waals surface area contributed by atoms with Crippen molar-refractivity contribution in [3.63, 3.8) is 0 Å².